The highest BCUT2D eigenvalue weighted by Crippen LogP contribution is 2.55. The Morgan fingerprint density at radius 1 is 0.400 bits per heavy atom. The molecule has 0 saturated heterocycles. The van der Waals surface area contributed by atoms with Crippen LogP contribution in [0.4, 0.5) is 17.1 Å². The first-order chi connectivity index (χ1) is 29.3. The lowest BCUT2D eigenvalue weighted by molar-refractivity contribution is 0.660. The Labute approximate surface area is 351 Å². The van der Waals surface area contributed by atoms with Gasteiger partial charge in [0.25, 0.3) is 0 Å². The van der Waals surface area contributed by atoms with Crippen LogP contribution in [0.25, 0.3) is 77.2 Å². The van der Waals surface area contributed by atoms with Crippen molar-refractivity contribution in [2.45, 2.75) is 38.5 Å². The van der Waals surface area contributed by atoms with Gasteiger partial charge in [-0.3, -0.25) is 0 Å². The van der Waals surface area contributed by atoms with E-state index in [-0.39, 0.29) is 10.8 Å². The van der Waals surface area contributed by atoms with E-state index >= 15 is 0 Å². The summed E-state index contributed by atoms with van der Waals surface area (Å²) in [5.74, 6) is 0. The fraction of sp³-hybridized carbons (Fsp3) is 0.103. The minimum absolute atomic E-state index is 0.146. The van der Waals surface area contributed by atoms with Crippen molar-refractivity contribution < 1.29 is 4.42 Å². The van der Waals surface area contributed by atoms with Gasteiger partial charge in [0.05, 0.1) is 5.69 Å². The van der Waals surface area contributed by atoms with Gasteiger partial charge in [-0.2, -0.15) is 0 Å². The summed E-state index contributed by atoms with van der Waals surface area (Å²) in [6.45, 7) is 9.50. The van der Waals surface area contributed by atoms with Gasteiger partial charge in [-0.15, -0.1) is 0 Å². The summed E-state index contributed by atoms with van der Waals surface area (Å²) in [6.07, 6.45) is 0. The van der Waals surface area contributed by atoms with Crippen LogP contribution < -0.4 is 4.90 Å². The Morgan fingerprint density at radius 3 is 1.83 bits per heavy atom. The average molecular weight is 770 g/mol. The summed E-state index contributed by atoms with van der Waals surface area (Å²) in [6, 6.07) is 69.3. The van der Waals surface area contributed by atoms with Gasteiger partial charge >= 0.3 is 0 Å². The molecule has 0 amide bonds. The van der Waals surface area contributed by atoms with E-state index in [4.69, 9.17) is 4.42 Å². The molecule has 10 aromatic rings. The van der Waals surface area contributed by atoms with E-state index in [1.807, 2.05) is 0 Å². The monoisotopic (exact) mass is 769 g/mol. The van der Waals surface area contributed by atoms with Crippen LogP contribution in [0.1, 0.15) is 49.9 Å². The largest absolute Gasteiger partial charge is 0.455 e. The second-order valence-corrected chi connectivity index (χ2v) is 17.6. The lowest BCUT2D eigenvalue weighted by Crippen LogP contribution is -2.18. The third-order valence-corrected chi connectivity index (χ3v) is 13.6. The molecule has 0 spiro atoms. The second-order valence-electron chi connectivity index (χ2n) is 17.6. The normalized spacial score (nSPS) is 14.3. The molecule has 2 aliphatic rings. The molecule has 0 saturated carbocycles. The van der Waals surface area contributed by atoms with Crippen molar-refractivity contribution in [3.05, 3.63) is 210 Å². The van der Waals surface area contributed by atoms with E-state index in [1.165, 1.54) is 61.0 Å². The predicted molar refractivity (Wildman–Crippen MR) is 252 cm³/mol. The molecule has 0 fully saturated rings. The predicted octanol–water partition coefficient (Wildman–Crippen LogP) is 16.2. The number of hydrogen-bond acceptors (Lipinski definition) is 2. The van der Waals surface area contributed by atoms with Gasteiger partial charge in [-0.05, 0) is 109 Å². The summed E-state index contributed by atoms with van der Waals surface area (Å²) >= 11 is 0. The number of nitrogens with zero attached hydrogens (tertiary/aromatic N) is 1. The quantitative estimate of drug-likeness (QED) is 0.173. The number of anilines is 3. The minimum atomic E-state index is -0.166. The van der Waals surface area contributed by atoms with E-state index in [0.29, 0.717) is 0 Å². The number of benzene rings is 9. The molecule has 9 aromatic carbocycles. The molecule has 2 nitrogen and oxygen atoms in total. The first-order valence-corrected chi connectivity index (χ1v) is 21.1. The highest BCUT2D eigenvalue weighted by Gasteiger charge is 2.39. The number of hydrogen-bond donors (Lipinski definition) is 0. The standard InChI is InChI=1S/C58H43NO/c1-57(2)49-26-10-7-20-42(49)44-33-31-39(35-51(44)57)59(52-28-12-9-22-45(52)47-25-14-24-46-43-21-8-11-27-50(43)58(3,4)55(46)47)38-18-13-17-37(34-38)40-23-15-29-53-54(40)48-32-30-36-16-5-6-19-41(36)56(48)60-53/h5-35H,1-4H3. The van der Waals surface area contributed by atoms with Crippen LogP contribution in [0.3, 0.4) is 0 Å². The summed E-state index contributed by atoms with van der Waals surface area (Å²) in [5, 5.41) is 4.59. The molecule has 0 unspecified atom stereocenters. The highest BCUT2D eigenvalue weighted by molar-refractivity contribution is 6.19. The van der Waals surface area contributed by atoms with Crippen LogP contribution in [0.15, 0.2) is 192 Å². The van der Waals surface area contributed by atoms with Crippen LogP contribution >= 0.6 is 0 Å². The molecular formula is C58H43NO. The molecule has 60 heavy (non-hydrogen) atoms. The van der Waals surface area contributed by atoms with Crippen LogP contribution in [0, 0.1) is 0 Å². The Morgan fingerprint density at radius 2 is 1.00 bits per heavy atom. The molecule has 0 atom stereocenters. The van der Waals surface area contributed by atoms with Crippen molar-refractivity contribution >= 4 is 49.8 Å². The Kier molecular flexibility index (Phi) is 7.36. The molecule has 2 heteroatoms. The Bertz CT molecular complexity index is 3400. The third-order valence-electron chi connectivity index (χ3n) is 13.6. The number of rotatable bonds is 5. The smallest absolute Gasteiger partial charge is 0.143 e. The van der Waals surface area contributed by atoms with E-state index in [9.17, 15) is 0 Å². The number of para-hydroxylation sites is 1. The highest BCUT2D eigenvalue weighted by atomic mass is 16.3. The van der Waals surface area contributed by atoms with Crippen LogP contribution in [0.2, 0.25) is 0 Å². The van der Waals surface area contributed by atoms with Gasteiger partial charge in [0.15, 0.2) is 0 Å². The molecule has 1 aromatic heterocycles. The molecule has 0 bridgehead atoms. The van der Waals surface area contributed by atoms with Crippen molar-refractivity contribution in [1.29, 1.82) is 0 Å². The van der Waals surface area contributed by atoms with Crippen LogP contribution in [-0.2, 0) is 10.8 Å². The average Bonchev–Trinajstić information content (AvgIpc) is 3.87. The van der Waals surface area contributed by atoms with Crippen LogP contribution in [0.5, 0.6) is 0 Å². The topological polar surface area (TPSA) is 16.4 Å². The summed E-state index contributed by atoms with van der Waals surface area (Å²) in [4.78, 5) is 2.49. The maximum Gasteiger partial charge on any atom is 0.143 e. The van der Waals surface area contributed by atoms with Gasteiger partial charge in [-0.25, -0.2) is 0 Å². The molecule has 286 valence electrons. The van der Waals surface area contributed by atoms with Crippen molar-refractivity contribution in [3.63, 3.8) is 0 Å². The van der Waals surface area contributed by atoms with Gasteiger partial charge < -0.3 is 9.32 Å². The van der Waals surface area contributed by atoms with E-state index in [1.54, 1.807) is 0 Å². The minimum Gasteiger partial charge on any atom is -0.455 e. The molecule has 12 rings (SSSR count). The lowest BCUT2D eigenvalue weighted by atomic mass is 9.78. The fourth-order valence-electron chi connectivity index (χ4n) is 10.8. The summed E-state index contributed by atoms with van der Waals surface area (Å²) in [7, 11) is 0. The number of furan rings is 1. The van der Waals surface area contributed by atoms with E-state index in [2.05, 4.69) is 221 Å². The third kappa shape index (κ3) is 4.88. The van der Waals surface area contributed by atoms with Crippen molar-refractivity contribution in [3.8, 4) is 44.5 Å². The maximum absolute atomic E-state index is 6.66. The lowest BCUT2D eigenvalue weighted by Gasteiger charge is -2.31. The van der Waals surface area contributed by atoms with Gasteiger partial charge in [-0.1, -0.05) is 173 Å². The molecule has 0 radical (unpaired) electrons. The molecule has 1 heterocycles. The van der Waals surface area contributed by atoms with Gasteiger partial charge in [0.2, 0.25) is 0 Å². The summed E-state index contributed by atoms with van der Waals surface area (Å²) in [5.41, 5.74) is 20.4. The SMILES string of the molecule is CC1(C)c2ccccc2-c2ccc(N(c3cccc(-c4cccc5oc6c7ccccc7ccc6c45)c3)c3ccccc3-c3cccc4c3C(C)(C)c3ccccc3-4)cc21. The fourth-order valence-corrected chi connectivity index (χ4v) is 10.8. The van der Waals surface area contributed by atoms with Crippen molar-refractivity contribution in [2.75, 3.05) is 4.90 Å². The first-order valence-electron chi connectivity index (χ1n) is 21.1. The maximum atomic E-state index is 6.66. The second kappa shape index (κ2) is 12.7. The first kappa shape index (κ1) is 34.8. The molecular weight excluding hydrogens is 727 g/mol. The van der Waals surface area contributed by atoms with Crippen molar-refractivity contribution in [1.82, 2.24) is 0 Å². The Balaban J connectivity index is 1.09. The van der Waals surface area contributed by atoms with Crippen LogP contribution in [-0.4, -0.2) is 0 Å². The zero-order valence-electron chi connectivity index (χ0n) is 34.3. The summed E-state index contributed by atoms with van der Waals surface area (Å²) < 4.78 is 6.66. The Hall–Kier alpha value is -7.16. The number of fused-ring (bicyclic) bond motifs is 11. The van der Waals surface area contributed by atoms with Gasteiger partial charge in [0, 0.05) is 43.9 Å². The molecule has 2 aliphatic carbocycles. The van der Waals surface area contributed by atoms with Gasteiger partial charge in [0.1, 0.15) is 11.2 Å². The molecule has 0 aliphatic heterocycles. The van der Waals surface area contributed by atoms with Crippen molar-refractivity contribution in [2.24, 2.45) is 0 Å². The zero-order chi connectivity index (χ0) is 40.3. The zero-order valence-corrected chi connectivity index (χ0v) is 34.3. The van der Waals surface area contributed by atoms with E-state index in [0.717, 1.165) is 55.5 Å². The van der Waals surface area contributed by atoms with E-state index < -0.39 is 0 Å². The molecule has 0 N–H and O–H groups in total.